The second kappa shape index (κ2) is 7.27. The fourth-order valence-electron chi connectivity index (χ4n) is 3.62. The minimum absolute atomic E-state index is 0.0570. The first-order chi connectivity index (χ1) is 13.0. The average Bonchev–Trinajstić information content (AvgIpc) is 2.66. The zero-order chi connectivity index (χ0) is 18.9. The van der Waals surface area contributed by atoms with Gasteiger partial charge in [0.05, 0.1) is 18.3 Å². The molecule has 27 heavy (non-hydrogen) atoms. The predicted octanol–water partition coefficient (Wildman–Crippen LogP) is 1.92. The Kier molecular flexibility index (Phi) is 4.98. The highest BCUT2D eigenvalue weighted by molar-refractivity contribution is 7.89. The molecule has 2 fully saturated rings. The summed E-state index contributed by atoms with van der Waals surface area (Å²) in [5.41, 5.74) is 1.79. The van der Waals surface area contributed by atoms with E-state index in [9.17, 15) is 8.42 Å². The normalized spacial score (nSPS) is 22.5. The van der Waals surface area contributed by atoms with E-state index in [1.807, 2.05) is 19.2 Å². The lowest BCUT2D eigenvalue weighted by atomic mass is 9.86. The maximum Gasteiger partial charge on any atom is 0.244 e. The summed E-state index contributed by atoms with van der Waals surface area (Å²) >= 11 is 0. The van der Waals surface area contributed by atoms with Gasteiger partial charge in [-0.1, -0.05) is 0 Å². The van der Waals surface area contributed by atoms with Gasteiger partial charge in [-0.3, -0.25) is 9.97 Å². The highest BCUT2D eigenvalue weighted by atomic mass is 32.2. The van der Waals surface area contributed by atoms with Gasteiger partial charge in [0.15, 0.2) is 0 Å². The number of aryl methyl sites for hydroxylation is 1. The molecule has 2 aromatic heterocycles. The first-order valence-electron chi connectivity index (χ1n) is 9.04. The van der Waals surface area contributed by atoms with Crippen molar-refractivity contribution in [3.63, 3.8) is 0 Å². The van der Waals surface area contributed by atoms with Crippen LogP contribution in [0, 0.1) is 6.92 Å². The van der Waals surface area contributed by atoms with Crippen molar-refractivity contribution in [3.05, 3.63) is 54.1 Å². The number of hydrogen-bond acceptors (Lipinski definition) is 6. The van der Waals surface area contributed by atoms with Crippen molar-refractivity contribution in [3.8, 4) is 0 Å². The van der Waals surface area contributed by atoms with E-state index in [1.54, 1.807) is 24.5 Å². The molecule has 144 valence electrons. The molecular formula is C19H23N3O4S. The van der Waals surface area contributed by atoms with E-state index in [1.165, 1.54) is 10.5 Å². The number of ether oxygens (including phenoxy) is 2. The largest absolute Gasteiger partial charge is 0.373 e. The minimum atomic E-state index is -3.51. The molecule has 1 atom stereocenters. The fraction of sp³-hybridized carbons (Fsp3) is 0.474. The van der Waals surface area contributed by atoms with Gasteiger partial charge in [0, 0.05) is 50.9 Å². The number of sulfonamides is 1. The Bertz CT molecular complexity index is 898. The number of rotatable bonds is 5. The van der Waals surface area contributed by atoms with Crippen LogP contribution in [0.4, 0.5) is 0 Å². The van der Waals surface area contributed by atoms with Gasteiger partial charge in [0.1, 0.15) is 4.90 Å². The third-order valence-electron chi connectivity index (χ3n) is 5.27. The summed E-state index contributed by atoms with van der Waals surface area (Å²) < 4.78 is 38.8. The van der Waals surface area contributed by atoms with Gasteiger partial charge in [-0.2, -0.15) is 4.31 Å². The SMILES string of the molecule is Cc1ccncc1COC1CCOC2(C1)CN(S(=O)(=O)c1cccnc1)C2. The molecule has 0 aromatic carbocycles. The smallest absolute Gasteiger partial charge is 0.244 e. The Labute approximate surface area is 159 Å². The lowest BCUT2D eigenvalue weighted by Crippen LogP contribution is -2.67. The van der Waals surface area contributed by atoms with Gasteiger partial charge < -0.3 is 9.47 Å². The molecule has 0 saturated carbocycles. The van der Waals surface area contributed by atoms with E-state index >= 15 is 0 Å². The molecule has 2 aromatic rings. The van der Waals surface area contributed by atoms with E-state index in [2.05, 4.69) is 9.97 Å². The number of aromatic nitrogens is 2. The second-order valence-electron chi connectivity index (χ2n) is 7.22. The van der Waals surface area contributed by atoms with Crippen molar-refractivity contribution >= 4 is 10.0 Å². The maximum atomic E-state index is 12.7. The van der Waals surface area contributed by atoms with Crippen LogP contribution in [0.3, 0.4) is 0 Å². The van der Waals surface area contributed by atoms with Crippen molar-refractivity contribution in [2.75, 3.05) is 19.7 Å². The van der Waals surface area contributed by atoms with Crippen LogP contribution in [0.15, 0.2) is 47.9 Å². The summed E-state index contributed by atoms with van der Waals surface area (Å²) in [5.74, 6) is 0. The minimum Gasteiger partial charge on any atom is -0.373 e. The fourth-order valence-corrected chi connectivity index (χ4v) is 5.17. The monoisotopic (exact) mass is 389 g/mol. The van der Waals surface area contributed by atoms with E-state index in [4.69, 9.17) is 9.47 Å². The van der Waals surface area contributed by atoms with Gasteiger partial charge in [0.25, 0.3) is 0 Å². The van der Waals surface area contributed by atoms with Crippen LogP contribution < -0.4 is 0 Å². The number of pyridine rings is 2. The van der Waals surface area contributed by atoms with Crippen LogP contribution in [0.25, 0.3) is 0 Å². The Balaban J connectivity index is 1.36. The molecule has 0 aliphatic carbocycles. The molecule has 0 N–H and O–H groups in total. The Morgan fingerprint density at radius 1 is 1.26 bits per heavy atom. The molecule has 0 amide bonds. The molecule has 4 rings (SSSR count). The number of nitrogens with zero attached hydrogens (tertiary/aromatic N) is 3. The van der Waals surface area contributed by atoms with Gasteiger partial charge in [-0.25, -0.2) is 8.42 Å². The summed E-state index contributed by atoms with van der Waals surface area (Å²) in [5, 5.41) is 0. The summed E-state index contributed by atoms with van der Waals surface area (Å²) in [4.78, 5) is 8.27. The zero-order valence-corrected chi connectivity index (χ0v) is 16.1. The van der Waals surface area contributed by atoms with Gasteiger partial charge in [0.2, 0.25) is 10.0 Å². The lowest BCUT2D eigenvalue weighted by molar-refractivity contribution is -0.180. The van der Waals surface area contributed by atoms with Gasteiger partial charge in [-0.15, -0.1) is 0 Å². The molecule has 0 bridgehead atoms. The van der Waals surface area contributed by atoms with E-state index < -0.39 is 15.6 Å². The molecule has 4 heterocycles. The quantitative estimate of drug-likeness (QED) is 0.777. The molecule has 0 radical (unpaired) electrons. The third-order valence-corrected chi connectivity index (χ3v) is 7.05. The molecule has 8 heteroatoms. The van der Waals surface area contributed by atoms with E-state index in [-0.39, 0.29) is 11.0 Å². The Hall–Kier alpha value is -1.87. The Morgan fingerprint density at radius 3 is 2.81 bits per heavy atom. The maximum absolute atomic E-state index is 12.7. The van der Waals surface area contributed by atoms with Gasteiger partial charge in [-0.05, 0) is 42.7 Å². The molecule has 2 aliphatic rings. The lowest BCUT2D eigenvalue weighted by Gasteiger charge is -2.52. The summed E-state index contributed by atoms with van der Waals surface area (Å²) in [6, 6.07) is 5.16. The van der Waals surface area contributed by atoms with Crippen LogP contribution >= 0.6 is 0 Å². The van der Waals surface area contributed by atoms with Crippen molar-refractivity contribution in [2.45, 2.75) is 43.0 Å². The van der Waals surface area contributed by atoms with Crippen LogP contribution in [-0.4, -0.2) is 54.1 Å². The highest BCUT2D eigenvalue weighted by Gasteiger charge is 2.52. The molecule has 2 aliphatic heterocycles. The van der Waals surface area contributed by atoms with Crippen LogP contribution in [-0.2, 0) is 26.1 Å². The summed E-state index contributed by atoms with van der Waals surface area (Å²) in [6.45, 7) is 3.85. The zero-order valence-electron chi connectivity index (χ0n) is 15.2. The topological polar surface area (TPSA) is 81.6 Å². The van der Waals surface area contributed by atoms with Crippen LogP contribution in [0.1, 0.15) is 24.0 Å². The van der Waals surface area contributed by atoms with E-state index in [0.29, 0.717) is 32.7 Å². The van der Waals surface area contributed by atoms with Crippen LogP contribution in [0.5, 0.6) is 0 Å². The van der Waals surface area contributed by atoms with Crippen molar-refractivity contribution in [1.82, 2.24) is 14.3 Å². The van der Waals surface area contributed by atoms with Crippen molar-refractivity contribution < 1.29 is 17.9 Å². The molecular weight excluding hydrogens is 366 g/mol. The first kappa shape index (κ1) is 18.5. The van der Waals surface area contributed by atoms with E-state index in [0.717, 1.165) is 17.5 Å². The van der Waals surface area contributed by atoms with Crippen molar-refractivity contribution in [2.24, 2.45) is 0 Å². The standard InChI is InChI=1S/C19H23N3O4S/c1-15-4-7-21-10-16(15)12-25-17-5-8-26-19(9-17)13-22(14-19)27(23,24)18-3-2-6-20-11-18/h2-4,6-7,10-11,17H,5,8-9,12-14H2,1H3. The first-order valence-corrected chi connectivity index (χ1v) is 10.5. The predicted molar refractivity (Wildman–Crippen MR) is 98.5 cm³/mol. The van der Waals surface area contributed by atoms with Crippen LogP contribution in [0.2, 0.25) is 0 Å². The number of hydrogen-bond donors (Lipinski definition) is 0. The molecule has 1 unspecified atom stereocenters. The third kappa shape index (κ3) is 3.75. The molecule has 2 saturated heterocycles. The molecule has 1 spiro atoms. The van der Waals surface area contributed by atoms with Crippen molar-refractivity contribution in [1.29, 1.82) is 0 Å². The molecule has 7 nitrogen and oxygen atoms in total. The highest BCUT2D eigenvalue weighted by Crippen LogP contribution is 2.38. The summed E-state index contributed by atoms with van der Waals surface area (Å²) in [7, 11) is -3.51. The Morgan fingerprint density at radius 2 is 2.07 bits per heavy atom. The summed E-state index contributed by atoms with van der Waals surface area (Å²) in [6.07, 6.45) is 8.12. The van der Waals surface area contributed by atoms with Gasteiger partial charge >= 0.3 is 0 Å². The average molecular weight is 389 g/mol. The second-order valence-corrected chi connectivity index (χ2v) is 9.16.